The second-order valence-corrected chi connectivity index (χ2v) is 4.67. The molecule has 0 bridgehead atoms. The molecule has 0 saturated heterocycles. The number of fused-ring (bicyclic) bond motifs is 1. The molecule has 0 amide bonds. The van der Waals surface area contributed by atoms with Crippen LogP contribution in [0, 0.1) is 0 Å². The minimum atomic E-state index is -0.00881. The van der Waals surface area contributed by atoms with Crippen LogP contribution >= 0.6 is 12.6 Å². The Kier molecular flexibility index (Phi) is 2.03. The highest BCUT2D eigenvalue weighted by Crippen LogP contribution is 2.33. The van der Waals surface area contributed by atoms with Gasteiger partial charge >= 0.3 is 0 Å². The van der Waals surface area contributed by atoms with Gasteiger partial charge in [-0.3, -0.25) is 0 Å². The molecule has 0 spiro atoms. The molecule has 2 rings (SSSR count). The molecule has 0 radical (unpaired) electrons. The molecule has 1 aliphatic rings. The van der Waals surface area contributed by atoms with Gasteiger partial charge in [-0.1, -0.05) is 0 Å². The predicted molar refractivity (Wildman–Crippen MR) is 56.7 cm³/mol. The molecule has 0 aromatic heterocycles. The lowest BCUT2D eigenvalue weighted by Crippen LogP contribution is -2.32. The molecular formula is C11H14OS. The van der Waals surface area contributed by atoms with Gasteiger partial charge in [0.25, 0.3) is 0 Å². The average molecular weight is 194 g/mol. The summed E-state index contributed by atoms with van der Waals surface area (Å²) in [4.78, 5) is 1.02. The number of ether oxygens (including phenoxy) is 1. The Morgan fingerprint density at radius 1 is 1.38 bits per heavy atom. The van der Waals surface area contributed by atoms with Crippen molar-refractivity contribution in [3.8, 4) is 5.75 Å². The van der Waals surface area contributed by atoms with Gasteiger partial charge in [-0.05, 0) is 50.5 Å². The highest BCUT2D eigenvalue weighted by Gasteiger charge is 2.26. The van der Waals surface area contributed by atoms with Crippen LogP contribution < -0.4 is 4.74 Å². The summed E-state index contributed by atoms with van der Waals surface area (Å²) in [5.74, 6) is 1.02. The summed E-state index contributed by atoms with van der Waals surface area (Å²) >= 11 is 4.31. The second kappa shape index (κ2) is 2.95. The van der Waals surface area contributed by atoms with Crippen LogP contribution in [-0.4, -0.2) is 5.60 Å². The second-order valence-electron chi connectivity index (χ2n) is 4.15. The Morgan fingerprint density at radius 3 is 2.92 bits per heavy atom. The fourth-order valence-electron chi connectivity index (χ4n) is 1.65. The van der Waals surface area contributed by atoms with Crippen LogP contribution in [-0.2, 0) is 6.42 Å². The van der Waals surface area contributed by atoms with Crippen molar-refractivity contribution in [2.24, 2.45) is 0 Å². The van der Waals surface area contributed by atoms with Crippen molar-refractivity contribution >= 4 is 12.6 Å². The van der Waals surface area contributed by atoms with Crippen LogP contribution in [0.2, 0.25) is 0 Å². The van der Waals surface area contributed by atoms with Gasteiger partial charge in [-0.2, -0.15) is 0 Å². The van der Waals surface area contributed by atoms with Gasteiger partial charge in [0.1, 0.15) is 11.4 Å². The number of hydrogen-bond acceptors (Lipinski definition) is 2. The summed E-state index contributed by atoms with van der Waals surface area (Å²) in [5, 5.41) is 0. The maximum Gasteiger partial charge on any atom is 0.123 e. The van der Waals surface area contributed by atoms with Crippen molar-refractivity contribution in [2.45, 2.75) is 37.2 Å². The van der Waals surface area contributed by atoms with Crippen molar-refractivity contribution in [3.05, 3.63) is 23.8 Å². The first-order valence-corrected chi connectivity index (χ1v) is 5.02. The van der Waals surface area contributed by atoms with Crippen molar-refractivity contribution in [2.75, 3.05) is 0 Å². The molecule has 0 fully saturated rings. The van der Waals surface area contributed by atoms with E-state index in [2.05, 4.69) is 32.5 Å². The Bertz CT molecular complexity index is 331. The quantitative estimate of drug-likeness (QED) is 0.624. The van der Waals surface area contributed by atoms with Crippen molar-refractivity contribution in [1.82, 2.24) is 0 Å². The average Bonchev–Trinajstić information content (AvgIpc) is 2.05. The van der Waals surface area contributed by atoms with E-state index >= 15 is 0 Å². The number of hydrogen-bond donors (Lipinski definition) is 1. The first-order valence-electron chi connectivity index (χ1n) is 4.58. The standard InChI is InChI=1S/C11H14OS/c1-11(2)6-5-8-7-9(13)3-4-10(8)12-11/h3-4,7,13H,5-6H2,1-2H3. The van der Waals surface area contributed by atoms with Crippen LogP contribution in [0.5, 0.6) is 5.75 Å². The lowest BCUT2D eigenvalue weighted by atomic mass is 9.94. The SMILES string of the molecule is CC1(C)CCc2cc(S)ccc2O1. The minimum Gasteiger partial charge on any atom is -0.488 e. The van der Waals surface area contributed by atoms with Gasteiger partial charge < -0.3 is 4.74 Å². The Labute approximate surface area is 84.5 Å². The fraction of sp³-hybridized carbons (Fsp3) is 0.455. The van der Waals surface area contributed by atoms with E-state index in [0.29, 0.717) is 0 Å². The van der Waals surface area contributed by atoms with Gasteiger partial charge in [-0.15, -0.1) is 12.6 Å². The fourth-order valence-corrected chi connectivity index (χ4v) is 1.88. The lowest BCUT2D eigenvalue weighted by molar-refractivity contribution is 0.0845. The predicted octanol–water partition coefficient (Wildman–Crippen LogP) is 3.08. The largest absolute Gasteiger partial charge is 0.488 e. The molecule has 0 aliphatic carbocycles. The molecule has 0 N–H and O–H groups in total. The highest BCUT2D eigenvalue weighted by atomic mass is 32.1. The van der Waals surface area contributed by atoms with E-state index in [1.807, 2.05) is 12.1 Å². The van der Waals surface area contributed by atoms with E-state index in [9.17, 15) is 0 Å². The van der Waals surface area contributed by atoms with Gasteiger partial charge in [-0.25, -0.2) is 0 Å². The molecule has 13 heavy (non-hydrogen) atoms. The van der Waals surface area contributed by atoms with Gasteiger partial charge in [0.15, 0.2) is 0 Å². The number of benzene rings is 1. The first-order chi connectivity index (χ1) is 6.07. The molecule has 1 nitrogen and oxygen atoms in total. The molecule has 1 aromatic rings. The third-order valence-electron chi connectivity index (χ3n) is 2.43. The molecule has 1 aliphatic heterocycles. The summed E-state index contributed by atoms with van der Waals surface area (Å²) in [6, 6.07) is 6.08. The van der Waals surface area contributed by atoms with Crippen LogP contribution in [0.1, 0.15) is 25.8 Å². The van der Waals surface area contributed by atoms with E-state index < -0.39 is 0 Å². The van der Waals surface area contributed by atoms with Crippen LogP contribution in [0.25, 0.3) is 0 Å². The molecule has 0 unspecified atom stereocenters. The van der Waals surface area contributed by atoms with Crippen molar-refractivity contribution in [1.29, 1.82) is 0 Å². The lowest BCUT2D eigenvalue weighted by Gasteiger charge is -2.32. The topological polar surface area (TPSA) is 9.23 Å². The minimum absolute atomic E-state index is 0.00881. The zero-order chi connectivity index (χ0) is 9.47. The molecule has 0 atom stereocenters. The normalized spacial score (nSPS) is 19.0. The molecular weight excluding hydrogens is 180 g/mol. The summed E-state index contributed by atoms with van der Waals surface area (Å²) in [5.41, 5.74) is 1.28. The Balaban J connectivity index is 2.37. The monoisotopic (exact) mass is 194 g/mol. The zero-order valence-corrected chi connectivity index (χ0v) is 8.90. The van der Waals surface area contributed by atoms with E-state index in [1.165, 1.54) is 5.56 Å². The number of rotatable bonds is 0. The van der Waals surface area contributed by atoms with E-state index in [4.69, 9.17) is 4.74 Å². The molecule has 1 aromatic carbocycles. The van der Waals surface area contributed by atoms with Crippen LogP contribution in [0.15, 0.2) is 23.1 Å². The maximum absolute atomic E-state index is 5.84. The third kappa shape index (κ3) is 1.83. The maximum atomic E-state index is 5.84. The Morgan fingerprint density at radius 2 is 2.15 bits per heavy atom. The van der Waals surface area contributed by atoms with Crippen molar-refractivity contribution in [3.63, 3.8) is 0 Å². The van der Waals surface area contributed by atoms with Crippen LogP contribution in [0.4, 0.5) is 0 Å². The van der Waals surface area contributed by atoms with Gasteiger partial charge in [0, 0.05) is 4.90 Å². The van der Waals surface area contributed by atoms with Crippen LogP contribution in [0.3, 0.4) is 0 Å². The summed E-state index contributed by atoms with van der Waals surface area (Å²) in [7, 11) is 0. The van der Waals surface area contributed by atoms with E-state index in [0.717, 1.165) is 23.5 Å². The molecule has 2 heteroatoms. The number of aryl methyl sites for hydroxylation is 1. The van der Waals surface area contributed by atoms with Gasteiger partial charge in [0.2, 0.25) is 0 Å². The summed E-state index contributed by atoms with van der Waals surface area (Å²) in [6.45, 7) is 4.26. The van der Waals surface area contributed by atoms with Crippen molar-refractivity contribution < 1.29 is 4.74 Å². The van der Waals surface area contributed by atoms with Gasteiger partial charge in [0.05, 0.1) is 0 Å². The van der Waals surface area contributed by atoms with E-state index in [1.54, 1.807) is 0 Å². The molecule has 70 valence electrons. The first kappa shape index (κ1) is 8.95. The molecule has 0 saturated carbocycles. The Hall–Kier alpha value is -0.630. The third-order valence-corrected chi connectivity index (χ3v) is 2.70. The number of thiol groups is 1. The smallest absolute Gasteiger partial charge is 0.123 e. The van der Waals surface area contributed by atoms with E-state index in [-0.39, 0.29) is 5.60 Å². The summed E-state index contributed by atoms with van der Waals surface area (Å²) < 4.78 is 5.84. The molecule has 1 heterocycles. The summed E-state index contributed by atoms with van der Waals surface area (Å²) in [6.07, 6.45) is 2.17. The zero-order valence-electron chi connectivity index (χ0n) is 8.00. The highest BCUT2D eigenvalue weighted by molar-refractivity contribution is 7.80.